The average Bonchev–Trinajstić information content (AvgIpc) is 3.44. The lowest BCUT2D eigenvalue weighted by Gasteiger charge is -2.34. The van der Waals surface area contributed by atoms with Gasteiger partial charge < -0.3 is 10.2 Å². The number of hydrogen-bond acceptors (Lipinski definition) is 4. The molecule has 1 aliphatic carbocycles. The van der Waals surface area contributed by atoms with Gasteiger partial charge >= 0.3 is 0 Å². The number of nitrogens with one attached hydrogen (secondary N) is 1. The summed E-state index contributed by atoms with van der Waals surface area (Å²) in [6.07, 6.45) is 5.20. The molecule has 218 valence electrons. The molecule has 1 atom stereocenters. The van der Waals surface area contributed by atoms with E-state index in [-0.39, 0.29) is 24.9 Å². The van der Waals surface area contributed by atoms with E-state index in [0.29, 0.717) is 21.3 Å². The monoisotopic (exact) mass is 615 g/mol. The molecule has 1 aliphatic rings. The van der Waals surface area contributed by atoms with Gasteiger partial charge in [0.25, 0.3) is 0 Å². The van der Waals surface area contributed by atoms with Gasteiger partial charge in [0.15, 0.2) is 0 Å². The van der Waals surface area contributed by atoms with E-state index in [1.165, 1.54) is 11.0 Å². The molecule has 1 saturated carbocycles. The van der Waals surface area contributed by atoms with E-state index < -0.39 is 28.5 Å². The molecule has 41 heavy (non-hydrogen) atoms. The Balaban J connectivity index is 1.74. The van der Waals surface area contributed by atoms with Crippen LogP contribution in [-0.2, 0) is 32.6 Å². The molecule has 7 nitrogen and oxygen atoms in total. The van der Waals surface area contributed by atoms with E-state index in [9.17, 15) is 18.0 Å². The summed E-state index contributed by atoms with van der Waals surface area (Å²) in [4.78, 5) is 29.5. The summed E-state index contributed by atoms with van der Waals surface area (Å²) >= 11 is 12.3. The fourth-order valence-corrected chi connectivity index (χ4v) is 6.35. The van der Waals surface area contributed by atoms with Crippen molar-refractivity contribution in [2.75, 3.05) is 17.1 Å². The van der Waals surface area contributed by atoms with Crippen molar-refractivity contribution in [2.24, 2.45) is 0 Å². The highest BCUT2D eigenvalue weighted by Gasteiger charge is 2.34. The zero-order valence-corrected chi connectivity index (χ0v) is 25.6. The Morgan fingerprint density at radius 2 is 1.56 bits per heavy atom. The summed E-state index contributed by atoms with van der Waals surface area (Å²) in [5.74, 6) is -0.764. The molecular weight excluding hydrogens is 581 g/mol. The van der Waals surface area contributed by atoms with Crippen molar-refractivity contribution in [3.8, 4) is 0 Å². The number of sulfonamides is 1. The second kappa shape index (κ2) is 13.7. The van der Waals surface area contributed by atoms with Crippen molar-refractivity contribution in [3.63, 3.8) is 0 Å². The first kappa shape index (κ1) is 30.9. The zero-order valence-electron chi connectivity index (χ0n) is 23.2. The normalized spacial score (nSPS) is 14.4. The highest BCUT2D eigenvalue weighted by atomic mass is 35.5. The molecule has 0 aliphatic heterocycles. The number of nitrogens with zero attached hydrogens (tertiary/aromatic N) is 2. The van der Waals surface area contributed by atoms with Crippen LogP contribution in [0.15, 0.2) is 72.8 Å². The van der Waals surface area contributed by atoms with Gasteiger partial charge in [0.2, 0.25) is 21.8 Å². The lowest BCUT2D eigenvalue weighted by Crippen LogP contribution is -2.54. The maximum Gasteiger partial charge on any atom is 0.244 e. The zero-order chi connectivity index (χ0) is 29.6. The Labute approximate surface area is 252 Å². The van der Waals surface area contributed by atoms with Crippen LogP contribution in [0, 0.1) is 6.92 Å². The third-order valence-electron chi connectivity index (χ3n) is 7.36. The van der Waals surface area contributed by atoms with Crippen LogP contribution in [0.4, 0.5) is 5.69 Å². The van der Waals surface area contributed by atoms with Crippen molar-refractivity contribution in [1.29, 1.82) is 0 Å². The number of carbonyl (C=O) groups is 2. The van der Waals surface area contributed by atoms with Crippen LogP contribution < -0.4 is 9.62 Å². The molecule has 0 spiro atoms. The predicted molar refractivity (Wildman–Crippen MR) is 165 cm³/mol. The van der Waals surface area contributed by atoms with Crippen molar-refractivity contribution < 1.29 is 18.0 Å². The van der Waals surface area contributed by atoms with E-state index in [1.807, 2.05) is 30.3 Å². The number of aryl methyl sites for hydroxylation is 1. The van der Waals surface area contributed by atoms with Crippen LogP contribution >= 0.6 is 23.2 Å². The predicted octanol–water partition coefficient (Wildman–Crippen LogP) is 5.77. The lowest BCUT2D eigenvalue weighted by atomic mass is 10.0. The number of anilines is 1. The third kappa shape index (κ3) is 8.47. The minimum atomic E-state index is -3.88. The van der Waals surface area contributed by atoms with E-state index in [1.54, 1.807) is 43.3 Å². The first-order chi connectivity index (χ1) is 19.5. The first-order valence-electron chi connectivity index (χ1n) is 13.6. The van der Waals surface area contributed by atoms with Crippen LogP contribution in [0.5, 0.6) is 0 Å². The van der Waals surface area contributed by atoms with Gasteiger partial charge in [0.05, 0.1) is 11.9 Å². The van der Waals surface area contributed by atoms with Gasteiger partial charge in [-0.2, -0.15) is 0 Å². The molecule has 0 radical (unpaired) electrons. The van der Waals surface area contributed by atoms with Gasteiger partial charge in [0, 0.05) is 29.1 Å². The Morgan fingerprint density at radius 1 is 0.927 bits per heavy atom. The van der Waals surface area contributed by atoms with Crippen LogP contribution in [0.2, 0.25) is 10.0 Å². The molecule has 0 aromatic heterocycles. The van der Waals surface area contributed by atoms with Crippen molar-refractivity contribution in [2.45, 2.75) is 57.7 Å². The van der Waals surface area contributed by atoms with Crippen LogP contribution in [0.1, 0.15) is 42.4 Å². The van der Waals surface area contributed by atoms with Crippen molar-refractivity contribution in [1.82, 2.24) is 10.2 Å². The van der Waals surface area contributed by atoms with E-state index in [4.69, 9.17) is 23.2 Å². The Kier molecular flexibility index (Phi) is 10.3. The van der Waals surface area contributed by atoms with Gasteiger partial charge in [-0.1, -0.05) is 84.6 Å². The van der Waals surface area contributed by atoms with Crippen LogP contribution in [-0.4, -0.2) is 50.0 Å². The highest BCUT2D eigenvalue weighted by molar-refractivity contribution is 7.92. The fourth-order valence-electron chi connectivity index (χ4n) is 5.15. The Hall–Kier alpha value is -3.07. The molecule has 1 fully saturated rings. The van der Waals surface area contributed by atoms with Crippen molar-refractivity contribution in [3.05, 3.63) is 99.5 Å². The summed E-state index contributed by atoms with van der Waals surface area (Å²) in [6, 6.07) is 20.6. The maximum absolute atomic E-state index is 14.2. The van der Waals surface area contributed by atoms with Gasteiger partial charge in [-0.15, -0.1) is 0 Å². The lowest BCUT2D eigenvalue weighted by molar-refractivity contribution is -0.140. The number of halogens is 2. The number of rotatable bonds is 11. The number of hydrogen-bond donors (Lipinski definition) is 1. The van der Waals surface area contributed by atoms with Crippen LogP contribution in [0.25, 0.3) is 0 Å². The number of carbonyl (C=O) groups excluding carboxylic acids is 2. The SMILES string of the molecule is Cc1ccc(Cl)cc1N(CC(=O)N(Cc1ccc(Cl)cc1)[C@@H](Cc1ccccc1)C(=O)NC1CCCC1)S(C)(=O)=O. The minimum absolute atomic E-state index is 0.0508. The molecule has 10 heteroatoms. The Morgan fingerprint density at radius 3 is 2.20 bits per heavy atom. The smallest absolute Gasteiger partial charge is 0.244 e. The highest BCUT2D eigenvalue weighted by Crippen LogP contribution is 2.27. The van der Waals surface area contributed by atoms with E-state index in [2.05, 4.69) is 5.32 Å². The molecule has 2 amide bonds. The second-order valence-electron chi connectivity index (χ2n) is 10.5. The topological polar surface area (TPSA) is 86.8 Å². The summed E-state index contributed by atoms with van der Waals surface area (Å²) in [7, 11) is -3.88. The van der Waals surface area contributed by atoms with Gasteiger partial charge in [0.1, 0.15) is 12.6 Å². The summed E-state index contributed by atoms with van der Waals surface area (Å²) in [5, 5.41) is 4.06. The average molecular weight is 617 g/mol. The summed E-state index contributed by atoms with van der Waals surface area (Å²) in [6.45, 7) is 1.36. The molecule has 3 aromatic rings. The molecule has 4 rings (SSSR count). The third-order valence-corrected chi connectivity index (χ3v) is 8.97. The molecule has 1 N–H and O–H groups in total. The molecule has 3 aromatic carbocycles. The summed E-state index contributed by atoms with van der Waals surface area (Å²) in [5.41, 5.74) is 2.62. The van der Waals surface area contributed by atoms with E-state index in [0.717, 1.165) is 47.4 Å². The van der Waals surface area contributed by atoms with Crippen LogP contribution in [0.3, 0.4) is 0 Å². The van der Waals surface area contributed by atoms with Gasteiger partial charge in [-0.25, -0.2) is 8.42 Å². The standard InChI is InChI=1S/C31H35Cl2N3O4S/c1-22-12-15-26(33)19-28(22)36(41(2,39)40)21-30(37)35(20-24-13-16-25(32)17-14-24)29(18-23-8-4-3-5-9-23)31(38)34-27-10-6-7-11-27/h3-5,8-9,12-17,19,27,29H,6-7,10-11,18,20-21H2,1-2H3,(H,34,38)/t29-/m0/s1. The first-order valence-corrected chi connectivity index (χ1v) is 16.2. The molecule has 0 heterocycles. The van der Waals surface area contributed by atoms with Gasteiger partial charge in [-0.3, -0.25) is 13.9 Å². The molecular formula is C31H35Cl2N3O4S. The minimum Gasteiger partial charge on any atom is -0.352 e. The largest absolute Gasteiger partial charge is 0.352 e. The van der Waals surface area contributed by atoms with Crippen molar-refractivity contribution >= 4 is 50.7 Å². The quantitative estimate of drug-likeness (QED) is 0.297. The Bertz CT molecular complexity index is 1460. The second-order valence-corrected chi connectivity index (χ2v) is 13.3. The van der Waals surface area contributed by atoms with E-state index >= 15 is 0 Å². The van der Waals surface area contributed by atoms with Gasteiger partial charge in [-0.05, 0) is 60.7 Å². The maximum atomic E-state index is 14.2. The number of benzene rings is 3. The molecule has 0 saturated heterocycles. The summed E-state index contributed by atoms with van der Waals surface area (Å²) < 4.78 is 27.0. The number of amides is 2. The molecule has 0 unspecified atom stereocenters. The fraction of sp³-hybridized carbons (Fsp3) is 0.355. The molecule has 0 bridgehead atoms.